The molecule has 2 N–H and O–H groups in total. The van der Waals surface area contributed by atoms with Gasteiger partial charge in [-0.05, 0) is 48.6 Å². The van der Waals surface area contributed by atoms with Gasteiger partial charge in [0, 0.05) is 18.2 Å². The Kier molecular flexibility index (Phi) is 5.24. The van der Waals surface area contributed by atoms with Crippen molar-refractivity contribution in [2.45, 2.75) is 45.1 Å². The number of hydrogen-bond acceptors (Lipinski definition) is 5. The molecule has 2 aromatic heterocycles. The van der Waals surface area contributed by atoms with Crippen LogP contribution in [-0.2, 0) is 5.41 Å². The molecule has 1 unspecified atom stereocenters. The molecule has 0 aliphatic carbocycles. The number of imidazole rings is 1. The molecule has 0 radical (unpaired) electrons. The maximum Gasteiger partial charge on any atom is 0.256 e. The molecule has 7 nitrogen and oxygen atoms in total. The largest absolute Gasteiger partial charge is 0.472 e. The van der Waals surface area contributed by atoms with Gasteiger partial charge in [0.25, 0.3) is 5.91 Å². The van der Waals surface area contributed by atoms with Gasteiger partial charge in [-0.25, -0.2) is 9.50 Å². The summed E-state index contributed by atoms with van der Waals surface area (Å²) in [6, 6.07) is 11.3. The minimum atomic E-state index is -0.196. The van der Waals surface area contributed by atoms with Gasteiger partial charge >= 0.3 is 0 Å². The number of ether oxygens (including phenoxy) is 1. The Hall–Kier alpha value is -2.93. The van der Waals surface area contributed by atoms with Crippen LogP contribution in [0.3, 0.4) is 0 Å². The van der Waals surface area contributed by atoms with Gasteiger partial charge in [0.1, 0.15) is 6.10 Å². The fraction of sp³-hybridized carbons (Fsp3) is 0.409. The Morgan fingerprint density at radius 1 is 1.21 bits per heavy atom. The highest BCUT2D eigenvalue weighted by Gasteiger charge is 2.17. The van der Waals surface area contributed by atoms with Crippen LogP contribution in [0.2, 0.25) is 0 Å². The first kappa shape index (κ1) is 19.4. The van der Waals surface area contributed by atoms with E-state index in [1.807, 2.05) is 36.4 Å². The van der Waals surface area contributed by atoms with E-state index in [9.17, 15) is 4.79 Å². The molecule has 1 aromatic carbocycles. The topological polar surface area (TPSA) is 80.6 Å². The van der Waals surface area contributed by atoms with Crippen LogP contribution < -0.4 is 15.4 Å². The fourth-order valence-corrected chi connectivity index (χ4v) is 3.39. The minimum Gasteiger partial charge on any atom is -0.472 e. The van der Waals surface area contributed by atoms with E-state index in [-0.39, 0.29) is 17.4 Å². The van der Waals surface area contributed by atoms with Crippen LogP contribution in [0.25, 0.3) is 5.65 Å². The Morgan fingerprint density at radius 2 is 2.00 bits per heavy atom. The monoisotopic (exact) mass is 393 g/mol. The molecule has 3 aromatic rings. The molecule has 0 saturated carbocycles. The summed E-state index contributed by atoms with van der Waals surface area (Å²) in [5.41, 5.74) is 2.48. The highest BCUT2D eigenvalue weighted by Crippen LogP contribution is 2.22. The van der Waals surface area contributed by atoms with Crippen molar-refractivity contribution in [3.8, 4) is 5.88 Å². The molecule has 1 aliphatic heterocycles. The molecule has 29 heavy (non-hydrogen) atoms. The number of aromatic nitrogens is 3. The van der Waals surface area contributed by atoms with E-state index in [4.69, 9.17) is 4.74 Å². The van der Waals surface area contributed by atoms with Gasteiger partial charge in [0.15, 0.2) is 11.5 Å². The van der Waals surface area contributed by atoms with Crippen molar-refractivity contribution in [1.29, 1.82) is 0 Å². The molecule has 0 bridgehead atoms. The zero-order valence-electron chi connectivity index (χ0n) is 17.1. The van der Waals surface area contributed by atoms with E-state index in [1.165, 1.54) is 5.56 Å². The molecule has 7 heteroatoms. The number of amides is 1. The smallest absolute Gasteiger partial charge is 0.256 e. The molecule has 4 rings (SSSR count). The number of benzene rings is 1. The average molecular weight is 393 g/mol. The van der Waals surface area contributed by atoms with Crippen molar-refractivity contribution >= 4 is 17.4 Å². The van der Waals surface area contributed by atoms with Crippen LogP contribution in [0.5, 0.6) is 5.88 Å². The van der Waals surface area contributed by atoms with Crippen LogP contribution in [0.4, 0.5) is 5.82 Å². The predicted molar refractivity (Wildman–Crippen MR) is 113 cm³/mol. The maximum atomic E-state index is 12.6. The molecular weight excluding hydrogens is 366 g/mol. The van der Waals surface area contributed by atoms with E-state index in [1.54, 1.807) is 10.7 Å². The fourth-order valence-electron chi connectivity index (χ4n) is 3.39. The van der Waals surface area contributed by atoms with Crippen LogP contribution in [0.15, 0.2) is 42.6 Å². The molecule has 1 amide bonds. The van der Waals surface area contributed by atoms with Crippen molar-refractivity contribution in [2.24, 2.45) is 0 Å². The number of carbonyl (C=O) groups is 1. The molecule has 152 valence electrons. The summed E-state index contributed by atoms with van der Waals surface area (Å²) in [6.45, 7) is 8.31. The second-order valence-electron chi connectivity index (χ2n) is 8.47. The van der Waals surface area contributed by atoms with Gasteiger partial charge < -0.3 is 15.4 Å². The van der Waals surface area contributed by atoms with Gasteiger partial charge in [0.05, 0.1) is 6.20 Å². The summed E-state index contributed by atoms with van der Waals surface area (Å²) in [6.07, 6.45) is 3.95. The first-order chi connectivity index (χ1) is 13.9. The normalized spacial score (nSPS) is 17.3. The van der Waals surface area contributed by atoms with E-state index in [0.717, 1.165) is 25.9 Å². The van der Waals surface area contributed by atoms with Crippen LogP contribution in [0, 0.1) is 0 Å². The summed E-state index contributed by atoms with van der Waals surface area (Å²) in [7, 11) is 0. The van der Waals surface area contributed by atoms with Crippen molar-refractivity contribution < 1.29 is 9.53 Å². The van der Waals surface area contributed by atoms with Gasteiger partial charge in [-0.1, -0.05) is 32.9 Å². The molecular formula is C22H27N5O2. The summed E-state index contributed by atoms with van der Waals surface area (Å²) < 4.78 is 7.58. The third kappa shape index (κ3) is 4.56. The van der Waals surface area contributed by atoms with Crippen LogP contribution in [-0.4, -0.2) is 39.7 Å². The second-order valence-corrected chi connectivity index (χ2v) is 8.47. The number of nitrogens with one attached hydrogen (secondary N) is 2. The lowest BCUT2D eigenvalue weighted by atomic mass is 9.87. The predicted octanol–water partition coefficient (Wildman–Crippen LogP) is 3.41. The number of rotatable bonds is 4. The zero-order chi connectivity index (χ0) is 20.4. The lowest BCUT2D eigenvalue weighted by Gasteiger charge is -2.23. The summed E-state index contributed by atoms with van der Waals surface area (Å²) in [5, 5.41) is 10.6. The van der Waals surface area contributed by atoms with E-state index < -0.39 is 0 Å². The van der Waals surface area contributed by atoms with E-state index in [0.29, 0.717) is 22.9 Å². The van der Waals surface area contributed by atoms with E-state index >= 15 is 0 Å². The Labute approximate surface area is 170 Å². The average Bonchev–Trinajstić information content (AvgIpc) is 3.09. The number of fused-ring (bicyclic) bond motifs is 1. The number of nitrogens with zero attached hydrogens (tertiary/aromatic N) is 3. The summed E-state index contributed by atoms with van der Waals surface area (Å²) >= 11 is 0. The Bertz CT molecular complexity index is 998. The van der Waals surface area contributed by atoms with Crippen LogP contribution >= 0.6 is 0 Å². The minimum absolute atomic E-state index is 0.0513. The lowest BCUT2D eigenvalue weighted by Crippen LogP contribution is -2.37. The maximum absolute atomic E-state index is 12.6. The van der Waals surface area contributed by atoms with Crippen molar-refractivity contribution in [3.63, 3.8) is 0 Å². The Morgan fingerprint density at radius 3 is 2.69 bits per heavy atom. The zero-order valence-corrected chi connectivity index (χ0v) is 17.1. The molecule has 1 atom stereocenters. The molecule has 0 spiro atoms. The van der Waals surface area contributed by atoms with Crippen LogP contribution in [0.1, 0.15) is 49.5 Å². The SMILES string of the molecule is CC(C)(C)c1ccc(C(=O)Nc2cn3nc(OC4CCCNC4)ccc3n2)cc1. The van der Waals surface area contributed by atoms with Crippen molar-refractivity contribution in [3.05, 3.63) is 53.7 Å². The number of carbonyl (C=O) groups excluding carboxylic acids is 1. The van der Waals surface area contributed by atoms with Crippen molar-refractivity contribution in [1.82, 2.24) is 19.9 Å². The highest BCUT2D eigenvalue weighted by atomic mass is 16.5. The first-order valence-electron chi connectivity index (χ1n) is 10.0. The molecule has 1 aliphatic rings. The number of hydrogen-bond donors (Lipinski definition) is 2. The van der Waals surface area contributed by atoms with Gasteiger partial charge in [-0.15, -0.1) is 5.10 Å². The number of piperidine rings is 1. The first-order valence-corrected chi connectivity index (χ1v) is 10.0. The third-order valence-electron chi connectivity index (χ3n) is 5.09. The molecule has 1 saturated heterocycles. The lowest BCUT2D eigenvalue weighted by molar-refractivity contribution is 0.102. The quantitative estimate of drug-likeness (QED) is 0.710. The summed E-state index contributed by atoms with van der Waals surface area (Å²) in [5.74, 6) is 0.816. The van der Waals surface area contributed by atoms with Gasteiger partial charge in [-0.3, -0.25) is 4.79 Å². The Balaban J connectivity index is 1.45. The van der Waals surface area contributed by atoms with Gasteiger partial charge in [-0.2, -0.15) is 0 Å². The highest BCUT2D eigenvalue weighted by molar-refractivity contribution is 6.03. The summed E-state index contributed by atoms with van der Waals surface area (Å²) in [4.78, 5) is 17.0. The second kappa shape index (κ2) is 7.83. The van der Waals surface area contributed by atoms with Crippen molar-refractivity contribution in [2.75, 3.05) is 18.4 Å². The van der Waals surface area contributed by atoms with Gasteiger partial charge in [0.2, 0.25) is 5.88 Å². The molecule has 1 fully saturated rings. The number of anilines is 1. The standard InChI is InChI=1S/C22H27N5O2/c1-22(2,3)16-8-6-15(7-9-16)21(28)25-18-14-27-19(24-18)10-11-20(26-27)29-17-5-4-12-23-13-17/h6-11,14,17,23H,4-5,12-13H2,1-3H3,(H,25,28). The van der Waals surface area contributed by atoms with E-state index in [2.05, 4.69) is 41.5 Å². The molecule has 3 heterocycles. The third-order valence-corrected chi connectivity index (χ3v) is 5.09.